The van der Waals surface area contributed by atoms with Crippen molar-refractivity contribution in [3.8, 4) is 11.5 Å². The molecule has 0 atom stereocenters. The highest BCUT2D eigenvalue weighted by molar-refractivity contribution is 6.38. The first-order valence-corrected chi connectivity index (χ1v) is 12.7. The number of hydrogen-bond acceptors (Lipinski definition) is 6. The molecule has 0 saturated carbocycles. The van der Waals surface area contributed by atoms with Gasteiger partial charge in [-0.3, -0.25) is 9.59 Å². The number of hydrogen-bond donors (Lipinski definition) is 2. The molecule has 0 spiro atoms. The lowest BCUT2D eigenvalue weighted by atomic mass is 9.99. The topological polar surface area (TPSA) is 83.1 Å². The van der Waals surface area contributed by atoms with Gasteiger partial charge in [0.2, 0.25) is 5.91 Å². The van der Waals surface area contributed by atoms with Crippen LogP contribution in [-0.2, 0) is 9.59 Å². The fraction of sp³-hybridized carbons (Fsp3) is 0.241. The second-order valence-corrected chi connectivity index (χ2v) is 9.83. The maximum atomic E-state index is 13.2. The lowest BCUT2D eigenvalue weighted by molar-refractivity contribution is -0.116. The van der Waals surface area contributed by atoms with Crippen LogP contribution in [0.25, 0.3) is 11.3 Å². The molecule has 3 aromatic carbocycles. The van der Waals surface area contributed by atoms with E-state index in [4.69, 9.17) is 21.1 Å². The smallest absolute Gasteiger partial charge is 0.258 e. The second-order valence-electron chi connectivity index (χ2n) is 9.40. The monoisotopic (exact) mass is 532 g/mol. The molecule has 38 heavy (non-hydrogen) atoms. The van der Waals surface area contributed by atoms with Gasteiger partial charge in [0.15, 0.2) is 11.5 Å². The number of rotatable bonds is 7. The van der Waals surface area contributed by atoms with Crippen molar-refractivity contribution in [3.63, 3.8) is 0 Å². The van der Waals surface area contributed by atoms with E-state index >= 15 is 0 Å². The Morgan fingerprint density at radius 3 is 2.42 bits per heavy atom. The van der Waals surface area contributed by atoms with Crippen LogP contribution in [0.5, 0.6) is 11.5 Å². The molecule has 0 aliphatic carbocycles. The molecule has 9 heteroatoms. The van der Waals surface area contributed by atoms with Crippen LogP contribution < -0.4 is 25.0 Å². The first-order valence-electron chi connectivity index (χ1n) is 12.4. The summed E-state index contributed by atoms with van der Waals surface area (Å²) in [5.74, 6) is 1.03. The molecule has 8 nitrogen and oxygen atoms in total. The lowest BCUT2D eigenvalue weighted by Gasteiger charge is -2.24. The van der Waals surface area contributed by atoms with Crippen molar-refractivity contribution in [2.24, 2.45) is 0 Å². The number of halogens is 1. The van der Waals surface area contributed by atoms with Gasteiger partial charge in [-0.15, -0.1) is 0 Å². The second kappa shape index (κ2) is 10.8. The molecule has 2 aliphatic heterocycles. The fourth-order valence-electron chi connectivity index (χ4n) is 4.51. The highest BCUT2D eigenvalue weighted by Crippen LogP contribution is 2.41. The van der Waals surface area contributed by atoms with Gasteiger partial charge >= 0.3 is 0 Å². The highest BCUT2D eigenvalue weighted by Gasteiger charge is 2.29. The quantitative estimate of drug-likeness (QED) is 0.419. The molecule has 3 aromatic rings. The van der Waals surface area contributed by atoms with E-state index in [1.807, 2.05) is 67.5 Å². The van der Waals surface area contributed by atoms with Gasteiger partial charge in [0.05, 0.1) is 17.0 Å². The Morgan fingerprint density at radius 1 is 0.974 bits per heavy atom. The zero-order valence-electron chi connectivity index (χ0n) is 21.5. The van der Waals surface area contributed by atoms with Gasteiger partial charge in [-0.2, -0.15) is 0 Å². The number of anilines is 3. The molecular weight excluding hydrogens is 504 g/mol. The zero-order valence-corrected chi connectivity index (χ0v) is 22.3. The van der Waals surface area contributed by atoms with Gasteiger partial charge in [0, 0.05) is 47.5 Å². The number of fused-ring (bicyclic) bond motifs is 2. The Kier molecular flexibility index (Phi) is 7.26. The molecule has 0 bridgehead atoms. The minimum atomic E-state index is -0.234. The standard InChI is InChI=1S/C29H29ClN4O4/c1-18(35)34(13-12-33(2)3)22-8-6-21(7-9-22)31-28(19-4-11-25-26(16-19)38-15-14-37-25)27-23-10-5-20(30)17-24(23)32-29(27)36/h4-11,16-17,31H,12-15H2,1-3H3,(H,32,36)/b28-27-. The fourth-order valence-corrected chi connectivity index (χ4v) is 4.68. The average Bonchev–Trinajstić information content (AvgIpc) is 3.22. The summed E-state index contributed by atoms with van der Waals surface area (Å²) in [5, 5.41) is 6.92. The molecule has 2 N–H and O–H groups in total. The largest absolute Gasteiger partial charge is 0.486 e. The van der Waals surface area contributed by atoms with Gasteiger partial charge in [-0.25, -0.2) is 0 Å². The summed E-state index contributed by atoms with van der Waals surface area (Å²) in [5.41, 5.74) is 4.85. The third-order valence-corrected chi connectivity index (χ3v) is 6.64. The van der Waals surface area contributed by atoms with Crippen molar-refractivity contribution >= 4 is 51.7 Å². The van der Waals surface area contributed by atoms with Crippen LogP contribution in [0, 0.1) is 0 Å². The third kappa shape index (κ3) is 5.32. The maximum Gasteiger partial charge on any atom is 0.258 e. The molecule has 2 amide bonds. The van der Waals surface area contributed by atoms with Crippen LogP contribution in [0.1, 0.15) is 18.1 Å². The number of amides is 2. The SMILES string of the molecule is CC(=O)N(CCN(C)C)c1ccc(N/C(=C2\C(=O)Nc3cc(Cl)ccc32)c2ccc3c(c2)OCCO3)cc1. The Bertz CT molecular complexity index is 1420. The number of carbonyl (C=O) groups is 2. The molecule has 0 fully saturated rings. The number of likely N-dealkylation sites (N-methyl/N-ethyl adjacent to an activating group) is 1. The Balaban J connectivity index is 1.54. The van der Waals surface area contributed by atoms with Crippen molar-refractivity contribution in [1.29, 1.82) is 0 Å². The Morgan fingerprint density at radius 2 is 1.71 bits per heavy atom. The van der Waals surface area contributed by atoms with E-state index < -0.39 is 0 Å². The van der Waals surface area contributed by atoms with E-state index in [0.29, 0.717) is 53.2 Å². The van der Waals surface area contributed by atoms with Crippen LogP contribution in [-0.4, -0.2) is 57.1 Å². The summed E-state index contributed by atoms with van der Waals surface area (Å²) < 4.78 is 11.5. The minimum Gasteiger partial charge on any atom is -0.486 e. The lowest BCUT2D eigenvalue weighted by Crippen LogP contribution is -2.35. The average molecular weight is 533 g/mol. The number of ether oxygens (including phenoxy) is 2. The molecule has 2 heterocycles. The molecule has 0 saturated heterocycles. The first-order chi connectivity index (χ1) is 18.3. The van der Waals surface area contributed by atoms with Crippen molar-refractivity contribution in [3.05, 3.63) is 76.8 Å². The molecular formula is C29H29ClN4O4. The number of nitrogens with one attached hydrogen (secondary N) is 2. The van der Waals surface area contributed by atoms with Crippen molar-refractivity contribution in [1.82, 2.24) is 4.90 Å². The summed E-state index contributed by atoms with van der Waals surface area (Å²) in [6.07, 6.45) is 0. The van der Waals surface area contributed by atoms with E-state index in [1.165, 1.54) is 0 Å². The van der Waals surface area contributed by atoms with Crippen molar-refractivity contribution in [2.45, 2.75) is 6.92 Å². The molecule has 5 rings (SSSR count). The van der Waals surface area contributed by atoms with Crippen molar-refractivity contribution in [2.75, 3.05) is 55.9 Å². The van der Waals surface area contributed by atoms with Crippen molar-refractivity contribution < 1.29 is 19.1 Å². The normalized spacial score (nSPS) is 15.1. The molecule has 0 radical (unpaired) electrons. The summed E-state index contributed by atoms with van der Waals surface area (Å²) >= 11 is 6.18. The molecule has 2 aliphatic rings. The van der Waals surface area contributed by atoms with Gasteiger partial charge in [-0.05, 0) is 68.7 Å². The highest BCUT2D eigenvalue weighted by atomic mass is 35.5. The van der Waals surface area contributed by atoms with Crippen LogP contribution in [0.4, 0.5) is 17.1 Å². The van der Waals surface area contributed by atoms with E-state index in [0.717, 1.165) is 29.0 Å². The summed E-state index contributed by atoms with van der Waals surface area (Å²) in [4.78, 5) is 29.3. The zero-order chi connectivity index (χ0) is 26.8. The predicted molar refractivity (Wildman–Crippen MR) is 151 cm³/mol. The van der Waals surface area contributed by atoms with Crippen LogP contribution in [0.3, 0.4) is 0 Å². The molecule has 0 aromatic heterocycles. The molecule has 0 unspecified atom stereocenters. The maximum absolute atomic E-state index is 13.2. The van der Waals surface area contributed by atoms with E-state index in [-0.39, 0.29) is 11.8 Å². The van der Waals surface area contributed by atoms with Crippen LogP contribution in [0.2, 0.25) is 5.02 Å². The summed E-state index contributed by atoms with van der Waals surface area (Å²) in [7, 11) is 3.95. The number of benzene rings is 3. The van der Waals surface area contributed by atoms with E-state index in [9.17, 15) is 9.59 Å². The summed E-state index contributed by atoms with van der Waals surface area (Å²) in [6.45, 7) is 3.85. The van der Waals surface area contributed by atoms with Gasteiger partial charge in [-0.1, -0.05) is 17.7 Å². The van der Waals surface area contributed by atoms with E-state index in [2.05, 4.69) is 10.6 Å². The first kappa shape index (κ1) is 25.6. The Hall–Kier alpha value is -4.01. The number of nitrogens with zero attached hydrogens (tertiary/aromatic N) is 2. The van der Waals surface area contributed by atoms with Crippen LogP contribution >= 0.6 is 11.6 Å². The minimum absolute atomic E-state index is 0.0236. The van der Waals surface area contributed by atoms with E-state index in [1.54, 1.807) is 24.0 Å². The predicted octanol–water partition coefficient (Wildman–Crippen LogP) is 4.96. The number of carbonyl (C=O) groups excluding carboxylic acids is 2. The van der Waals surface area contributed by atoms with Gasteiger partial charge in [0.25, 0.3) is 5.91 Å². The molecule has 196 valence electrons. The van der Waals surface area contributed by atoms with Gasteiger partial charge in [0.1, 0.15) is 13.2 Å². The van der Waals surface area contributed by atoms with Crippen LogP contribution in [0.15, 0.2) is 60.7 Å². The Labute approximate surface area is 226 Å². The summed E-state index contributed by atoms with van der Waals surface area (Å²) in [6, 6.07) is 18.5. The third-order valence-electron chi connectivity index (χ3n) is 6.41. The van der Waals surface area contributed by atoms with Gasteiger partial charge < -0.3 is 29.9 Å².